The highest BCUT2D eigenvalue weighted by Gasteiger charge is 2.20. The Morgan fingerprint density at radius 2 is 2.14 bits per heavy atom. The van der Waals surface area contributed by atoms with E-state index in [1.165, 1.54) is 36.0 Å². The van der Waals surface area contributed by atoms with Crippen LogP contribution in [0.3, 0.4) is 0 Å². The fourth-order valence-electron chi connectivity index (χ4n) is 2.97. The summed E-state index contributed by atoms with van der Waals surface area (Å²) in [5.41, 5.74) is 7.00. The summed E-state index contributed by atoms with van der Waals surface area (Å²) in [4.78, 5) is 4.17. The Bertz CT molecular complexity index is 564. The zero-order valence-electron chi connectivity index (χ0n) is 12.3. The molecule has 1 heterocycles. The quantitative estimate of drug-likeness (QED) is 0.629. The van der Waals surface area contributed by atoms with Gasteiger partial charge in [0, 0.05) is 18.4 Å². The van der Waals surface area contributed by atoms with Gasteiger partial charge in [-0.3, -0.25) is 16.3 Å². The molecule has 2 aromatic rings. The third-order valence-corrected chi connectivity index (χ3v) is 4.54. The lowest BCUT2D eigenvalue weighted by Gasteiger charge is -2.27. The molecule has 0 radical (unpaired) electrons. The van der Waals surface area contributed by atoms with Crippen molar-refractivity contribution < 1.29 is 0 Å². The second kappa shape index (κ2) is 6.83. The summed E-state index contributed by atoms with van der Waals surface area (Å²) in [5.74, 6) is 6.54. The summed E-state index contributed by atoms with van der Waals surface area (Å²) in [5, 5.41) is 0. The molecule has 21 heavy (non-hydrogen) atoms. The van der Waals surface area contributed by atoms with Crippen LogP contribution in [0.5, 0.6) is 0 Å². The Morgan fingerprint density at radius 1 is 1.24 bits per heavy atom. The van der Waals surface area contributed by atoms with Crippen LogP contribution in [-0.4, -0.2) is 4.98 Å². The summed E-state index contributed by atoms with van der Waals surface area (Å²) < 4.78 is 0. The van der Waals surface area contributed by atoms with Crippen molar-refractivity contribution in [3.8, 4) is 0 Å². The molecular weight excluding hydrogens is 258 g/mol. The van der Waals surface area contributed by atoms with Gasteiger partial charge in [0.15, 0.2) is 0 Å². The van der Waals surface area contributed by atoms with Crippen LogP contribution in [0.25, 0.3) is 0 Å². The van der Waals surface area contributed by atoms with E-state index in [0.29, 0.717) is 0 Å². The maximum Gasteiger partial charge on any atom is 0.0463 e. The molecule has 110 valence electrons. The molecule has 3 rings (SSSR count). The van der Waals surface area contributed by atoms with Crippen LogP contribution in [0.15, 0.2) is 48.8 Å². The molecule has 1 aromatic heterocycles. The number of pyridine rings is 1. The van der Waals surface area contributed by atoms with Gasteiger partial charge in [-0.2, -0.15) is 0 Å². The largest absolute Gasteiger partial charge is 0.271 e. The summed E-state index contributed by atoms with van der Waals surface area (Å²) in [6.07, 6.45) is 9.74. The maximum absolute atomic E-state index is 5.78. The van der Waals surface area contributed by atoms with E-state index in [9.17, 15) is 0 Å². The fraction of sp³-hybridized carbons (Fsp3) is 0.389. The van der Waals surface area contributed by atoms with Gasteiger partial charge < -0.3 is 0 Å². The summed E-state index contributed by atoms with van der Waals surface area (Å²) >= 11 is 0. The number of hydrazine groups is 1. The Morgan fingerprint density at radius 3 is 2.81 bits per heavy atom. The van der Waals surface area contributed by atoms with Crippen LogP contribution in [0.1, 0.15) is 54.3 Å². The average molecular weight is 281 g/mol. The van der Waals surface area contributed by atoms with E-state index < -0.39 is 0 Å². The van der Waals surface area contributed by atoms with Gasteiger partial charge in [0.25, 0.3) is 0 Å². The van der Waals surface area contributed by atoms with E-state index in [2.05, 4.69) is 40.7 Å². The monoisotopic (exact) mass is 281 g/mol. The smallest absolute Gasteiger partial charge is 0.0463 e. The first kappa shape index (κ1) is 14.2. The zero-order chi connectivity index (χ0) is 14.5. The molecular formula is C18H23N3. The lowest BCUT2D eigenvalue weighted by Crippen LogP contribution is -2.28. The maximum atomic E-state index is 5.78. The van der Waals surface area contributed by atoms with Gasteiger partial charge in [-0.1, -0.05) is 36.8 Å². The third-order valence-electron chi connectivity index (χ3n) is 4.54. The average Bonchev–Trinajstić information content (AvgIpc) is 2.48. The highest BCUT2D eigenvalue weighted by Crippen LogP contribution is 2.37. The number of aromatic nitrogens is 1. The number of nitrogens with one attached hydrogen (secondary N) is 1. The van der Waals surface area contributed by atoms with Crippen LogP contribution in [0.2, 0.25) is 0 Å². The minimum atomic E-state index is 0.199. The van der Waals surface area contributed by atoms with Gasteiger partial charge >= 0.3 is 0 Å². The molecule has 3 nitrogen and oxygen atoms in total. The summed E-state index contributed by atoms with van der Waals surface area (Å²) in [6, 6.07) is 13.2. The van der Waals surface area contributed by atoms with E-state index in [0.717, 1.165) is 18.8 Å². The van der Waals surface area contributed by atoms with Gasteiger partial charge in [-0.15, -0.1) is 0 Å². The number of rotatable bonds is 6. The third kappa shape index (κ3) is 3.49. The molecule has 0 bridgehead atoms. The highest BCUT2D eigenvalue weighted by molar-refractivity contribution is 5.29. The number of hydrogen-bond donors (Lipinski definition) is 2. The SMILES string of the molecule is NNC(CCc1cccnc1)c1cccc(C2CCC2)c1. The van der Waals surface area contributed by atoms with Crippen molar-refractivity contribution in [3.63, 3.8) is 0 Å². The molecule has 3 N–H and O–H groups in total. The first-order chi connectivity index (χ1) is 10.4. The van der Waals surface area contributed by atoms with Crippen molar-refractivity contribution >= 4 is 0 Å². The molecule has 1 aromatic carbocycles. The van der Waals surface area contributed by atoms with Crippen molar-refractivity contribution in [2.45, 2.75) is 44.1 Å². The van der Waals surface area contributed by atoms with Crippen molar-refractivity contribution in [2.24, 2.45) is 5.84 Å². The molecule has 1 fully saturated rings. The van der Waals surface area contributed by atoms with Crippen LogP contribution >= 0.6 is 0 Å². The Hall–Kier alpha value is -1.71. The van der Waals surface area contributed by atoms with Gasteiger partial charge in [-0.05, 0) is 54.4 Å². The first-order valence-electron chi connectivity index (χ1n) is 7.81. The Kier molecular flexibility index (Phi) is 4.63. The first-order valence-corrected chi connectivity index (χ1v) is 7.81. The number of nitrogens with two attached hydrogens (primary N) is 1. The molecule has 3 heteroatoms. The predicted octanol–water partition coefficient (Wildman–Crippen LogP) is 3.49. The van der Waals surface area contributed by atoms with E-state index in [4.69, 9.17) is 5.84 Å². The molecule has 1 saturated carbocycles. The second-order valence-corrected chi connectivity index (χ2v) is 5.92. The number of aryl methyl sites for hydroxylation is 1. The molecule has 0 amide bonds. The molecule has 0 saturated heterocycles. The van der Waals surface area contributed by atoms with E-state index in [1.54, 1.807) is 0 Å². The lowest BCUT2D eigenvalue weighted by atomic mass is 9.79. The van der Waals surface area contributed by atoms with Gasteiger partial charge in [-0.25, -0.2) is 0 Å². The minimum absolute atomic E-state index is 0.199. The fourth-order valence-corrected chi connectivity index (χ4v) is 2.97. The normalized spacial score (nSPS) is 16.4. The molecule has 1 atom stereocenters. The van der Waals surface area contributed by atoms with E-state index in [1.807, 2.05) is 18.5 Å². The molecule has 1 aliphatic carbocycles. The molecule has 1 unspecified atom stereocenters. The topological polar surface area (TPSA) is 50.9 Å². The standard InChI is InChI=1S/C18H23N3/c19-21-18(10-9-14-4-3-11-20-13-14)17-8-2-7-16(12-17)15-5-1-6-15/h2-4,7-8,11-13,15,18,21H,1,5-6,9-10,19H2. The summed E-state index contributed by atoms with van der Waals surface area (Å²) in [7, 11) is 0. The van der Waals surface area contributed by atoms with Gasteiger partial charge in [0.05, 0.1) is 0 Å². The van der Waals surface area contributed by atoms with Crippen LogP contribution < -0.4 is 11.3 Å². The van der Waals surface area contributed by atoms with Crippen molar-refractivity contribution in [3.05, 3.63) is 65.5 Å². The number of benzene rings is 1. The highest BCUT2D eigenvalue weighted by atomic mass is 15.2. The lowest BCUT2D eigenvalue weighted by molar-refractivity contribution is 0.418. The van der Waals surface area contributed by atoms with Crippen molar-refractivity contribution in [2.75, 3.05) is 0 Å². The van der Waals surface area contributed by atoms with E-state index in [-0.39, 0.29) is 6.04 Å². The zero-order valence-corrected chi connectivity index (χ0v) is 12.3. The molecule has 1 aliphatic rings. The van der Waals surface area contributed by atoms with Crippen LogP contribution in [0, 0.1) is 0 Å². The second-order valence-electron chi connectivity index (χ2n) is 5.92. The molecule has 0 aliphatic heterocycles. The summed E-state index contributed by atoms with van der Waals surface area (Å²) in [6.45, 7) is 0. The predicted molar refractivity (Wildman–Crippen MR) is 85.7 cm³/mol. The van der Waals surface area contributed by atoms with Crippen LogP contribution in [-0.2, 0) is 6.42 Å². The van der Waals surface area contributed by atoms with Gasteiger partial charge in [0.1, 0.15) is 0 Å². The Labute approximate surface area is 126 Å². The van der Waals surface area contributed by atoms with Gasteiger partial charge in [0.2, 0.25) is 0 Å². The van der Waals surface area contributed by atoms with Crippen molar-refractivity contribution in [1.29, 1.82) is 0 Å². The number of nitrogens with zero attached hydrogens (tertiary/aromatic N) is 1. The minimum Gasteiger partial charge on any atom is -0.271 e. The van der Waals surface area contributed by atoms with Crippen LogP contribution in [0.4, 0.5) is 0 Å². The number of hydrogen-bond acceptors (Lipinski definition) is 3. The molecule has 0 spiro atoms. The Balaban J connectivity index is 1.67. The van der Waals surface area contributed by atoms with E-state index >= 15 is 0 Å². The van der Waals surface area contributed by atoms with Crippen molar-refractivity contribution in [1.82, 2.24) is 10.4 Å².